The van der Waals surface area contributed by atoms with E-state index < -0.39 is 35.7 Å². The zero-order valence-corrected chi connectivity index (χ0v) is 22.2. The van der Waals surface area contributed by atoms with E-state index in [0.29, 0.717) is 36.3 Å². The van der Waals surface area contributed by atoms with Crippen LogP contribution in [0.3, 0.4) is 0 Å². The van der Waals surface area contributed by atoms with E-state index in [1.807, 2.05) is 6.92 Å². The van der Waals surface area contributed by atoms with Gasteiger partial charge in [-0.1, -0.05) is 24.6 Å². The lowest BCUT2D eigenvalue weighted by atomic mass is 9.97. The number of nitrogens with zero attached hydrogens (tertiary/aromatic N) is 2. The molecule has 12 heteroatoms. The van der Waals surface area contributed by atoms with E-state index in [-0.39, 0.29) is 36.6 Å². The highest BCUT2D eigenvalue weighted by atomic mass is 19.1. The van der Waals surface area contributed by atoms with E-state index in [4.69, 9.17) is 15.3 Å². The average Bonchev–Trinajstić information content (AvgIpc) is 3.05. The number of amidine groups is 1. The molecule has 11 nitrogen and oxygen atoms in total. The number of benzene rings is 2. The zero-order chi connectivity index (χ0) is 28.5. The number of urea groups is 1. The SMILES string of the molecule is CCCC(NC(=O)N1C/C(=N/OCC)NCC(Cc2cc(F)ccc2OC)C1=O)c1ccc(C(=O)O)c(N)c1. The van der Waals surface area contributed by atoms with Crippen molar-refractivity contribution < 1.29 is 33.5 Å². The van der Waals surface area contributed by atoms with Crippen molar-refractivity contribution in [3.05, 3.63) is 58.9 Å². The van der Waals surface area contributed by atoms with E-state index in [1.165, 1.54) is 37.4 Å². The molecule has 0 bridgehead atoms. The number of carbonyl (C=O) groups is 3. The maximum atomic E-state index is 14.0. The Bertz CT molecular complexity index is 1240. The number of oxime groups is 1. The molecule has 3 rings (SSSR count). The second-order valence-corrected chi connectivity index (χ2v) is 9.06. The number of methoxy groups -OCH3 is 1. The van der Waals surface area contributed by atoms with Gasteiger partial charge in [0.2, 0.25) is 5.91 Å². The summed E-state index contributed by atoms with van der Waals surface area (Å²) in [6.07, 6.45) is 1.33. The van der Waals surface area contributed by atoms with E-state index in [0.717, 1.165) is 4.90 Å². The number of amides is 3. The molecule has 2 aromatic carbocycles. The normalized spacial score (nSPS) is 17.2. The number of carbonyl (C=O) groups excluding carboxylic acids is 2. The van der Waals surface area contributed by atoms with Crippen molar-refractivity contribution in [2.75, 3.05) is 32.5 Å². The molecule has 2 atom stereocenters. The van der Waals surface area contributed by atoms with Gasteiger partial charge in [0.05, 0.1) is 31.2 Å². The Hall–Kier alpha value is -4.35. The summed E-state index contributed by atoms with van der Waals surface area (Å²) in [5.41, 5.74) is 7.06. The number of hydrogen-bond donors (Lipinski definition) is 4. The van der Waals surface area contributed by atoms with Gasteiger partial charge in [-0.3, -0.25) is 9.69 Å². The molecule has 2 aromatic rings. The average molecular weight is 544 g/mol. The van der Waals surface area contributed by atoms with Crippen molar-refractivity contribution in [1.29, 1.82) is 0 Å². The Labute approximate surface area is 226 Å². The Morgan fingerprint density at radius 1 is 1.28 bits per heavy atom. The molecule has 1 fully saturated rings. The van der Waals surface area contributed by atoms with Crippen LogP contribution in [-0.2, 0) is 16.1 Å². The topological polar surface area (TPSA) is 156 Å². The van der Waals surface area contributed by atoms with Crippen molar-refractivity contribution in [3.63, 3.8) is 0 Å². The van der Waals surface area contributed by atoms with E-state index in [2.05, 4.69) is 15.8 Å². The van der Waals surface area contributed by atoms with Crippen LogP contribution in [0.4, 0.5) is 14.9 Å². The summed E-state index contributed by atoms with van der Waals surface area (Å²) in [5, 5.41) is 19.2. The molecule has 1 heterocycles. The summed E-state index contributed by atoms with van der Waals surface area (Å²) in [5.74, 6) is -2.13. The number of aromatic carboxylic acids is 1. The minimum Gasteiger partial charge on any atom is -0.496 e. The molecule has 210 valence electrons. The predicted molar refractivity (Wildman–Crippen MR) is 143 cm³/mol. The minimum absolute atomic E-state index is 0.0403. The van der Waals surface area contributed by atoms with Crippen LogP contribution in [0.1, 0.15) is 54.2 Å². The summed E-state index contributed by atoms with van der Waals surface area (Å²) < 4.78 is 19.3. The van der Waals surface area contributed by atoms with Gasteiger partial charge in [0, 0.05) is 12.2 Å². The fourth-order valence-electron chi connectivity index (χ4n) is 4.37. The minimum atomic E-state index is -1.15. The number of nitrogens with one attached hydrogen (secondary N) is 2. The van der Waals surface area contributed by atoms with Crippen LogP contribution in [0.2, 0.25) is 0 Å². The zero-order valence-electron chi connectivity index (χ0n) is 22.2. The number of carboxylic acids is 1. The highest BCUT2D eigenvalue weighted by molar-refractivity contribution is 6.02. The Balaban J connectivity index is 1.90. The van der Waals surface area contributed by atoms with E-state index in [9.17, 15) is 23.9 Å². The fraction of sp³-hybridized carbons (Fsp3) is 0.407. The summed E-state index contributed by atoms with van der Waals surface area (Å²) in [4.78, 5) is 44.7. The molecule has 0 radical (unpaired) electrons. The lowest BCUT2D eigenvalue weighted by Gasteiger charge is -2.26. The van der Waals surface area contributed by atoms with Crippen molar-refractivity contribution in [3.8, 4) is 5.75 Å². The number of nitrogen functional groups attached to an aromatic ring is 1. The number of ether oxygens (including phenoxy) is 1. The largest absolute Gasteiger partial charge is 0.496 e. The number of halogens is 1. The van der Waals surface area contributed by atoms with Crippen LogP contribution in [0, 0.1) is 11.7 Å². The van der Waals surface area contributed by atoms with Crippen LogP contribution in [0.5, 0.6) is 5.75 Å². The van der Waals surface area contributed by atoms with Crippen LogP contribution >= 0.6 is 0 Å². The monoisotopic (exact) mass is 543 g/mol. The Morgan fingerprint density at radius 3 is 2.69 bits per heavy atom. The Kier molecular flexibility index (Phi) is 10.1. The number of rotatable bonds is 10. The quantitative estimate of drug-likeness (QED) is 0.263. The number of imide groups is 1. The number of hydrogen-bond acceptors (Lipinski definition) is 7. The first kappa shape index (κ1) is 29.2. The summed E-state index contributed by atoms with van der Waals surface area (Å²) in [6.45, 7) is 3.96. The lowest BCUT2D eigenvalue weighted by molar-refractivity contribution is -0.131. The molecular formula is C27H34FN5O6. The third-order valence-electron chi connectivity index (χ3n) is 6.32. The molecule has 5 N–H and O–H groups in total. The van der Waals surface area contributed by atoms with Crippen molar-refractivity contribution in [1.82, 2.24) is 15.5 Å². The third-order valence-corrected chi connectivity index (χ3v) is 6.32. The first-order valence-corrected chi connectivity index (χ1v) is 12.7. The van der Waals surface area contributed by atoms with Crippen LogP contribution in [0.25, 0.3) is 0 Å². The molecule has 1 saturated heterocycles. The van der Waals surface area contributed by atoms with Crippen LogP contribution < -0.4 is 21.1 Å². The van der Waals surface area contributed by atoms with Crippen molar-refractivity contribution in [2.24, 2.45) is 11.1 Å². The maximum absolute atomic E-state index is 14.0. The van der Waals surface area contributed by atoms with Gasteiger partial charge in [-0.25, -0.2) is 14.0 Å². The number of anilines is 1. The lowest BCUT2D eigenvalue weighted by Crippen LogP contribution is -2.48. The first-order valence-electron chi connectivity index (χ1n) is 12.7. The molecule has 1 aliphatic rings. The molecule has 0 aromatic heterocycles. The van der Waals surface area contributed by atoms with E-state index in [1.54, 1.807) is 13.0 Å². The molecule has 39 heavy (non-hydrogen) atoms. The summed E-state index contributed by atoms with van der Waals surface area (Å²) >= 11 is 0. The predicted octanol–water partition coefficient (Wildman–Crippen LogP) is 3.31. The molecule has 0 spiro atoms. The van der Waals surface area contributed by atoms with Gasteiger partial charge < -0.3 is 31.0 Å². The highest BCUT2D eigenvalue weighted by Gasteiger charge is 2.35. The van der Waals surface area contributed by atoms with Gasteiger partial charge in [0.15, 0.2) is 5.84 Å². The smallest absolute Gasteiger partial charge is 0.337 e. The van der Waals surface area contributed by atoms with Gasteiger partial charge in [0.25, 0.3) is 0 Å². The number of carboxylic acid groups (broad SMARTS) is 1. The van der Waals surface area contributed by atoms with Gasteiger partial charge in [-0.2, -0.15) is 0 Å². The van der Waals surface area contributed by atoms with Gasteiger partial charge >= 0.3 is 12.0 Å². The third kappa shape index (κ3) is 7.37. The van der Waals surface area contributed by atoms with Crippen molar-refractivity contribution in [2.45, 2.75) is 39.2 Å². The second-order valence-electron chi connectivity index (χ2n) is 9.06. The number of nitrogens with two attached hydrogens (primary N) is 1. The summed E-state index contributed by atoms with van der Waals surface area (Å²) in [7, 11) is 1.46. The van der Waals surface area contributed by atoms with Crippen LogP contribution in [0.15, 0.2) is 41.6 Å². The Morgan fingerprint density at radius 2 is 2.05 bits per heavy atom. The molecule has 0 saturated carbocycles. The first-order chi connectivity index (χ1) is 18.7. The molecule has 3 amide bonds. The standard InChI is InChI=1S/C27H34FN5O6/c1-4-6-22(16-7-9-20(26(35)36)21(29)13-16)31-27(37)33-15-24(32-39-5-2)30-14-18(25(33)34)11-17-12-19(28)8-10-23(17)38-3/h7-10,12-13,18,22H,4-6,11,14-15,29H2,1-3H3,(H,30,32)(H,31,37)(H,35,36). The maximum Gasteiger partial charge on any atom is 0.337 e. The van der Waals surface area contributed by atoms with Gasteiger partial charge in [-0.15, -0.1) is 0 Å². The highest BCUT2D eigenvalue weighted by Crippen LogP contribution is 2.26. The molecule has 0 aliphatic carbocycles. The summed E-state index contributed by atoms with van der Waals surface area (Å²) in [6, 6.07) is 7.35. The van der Waals surface area contributed by atoms with E-state index >= 15 is 0 Å². The molecule has 2 unspecified atom stereocenters. The fourth-order valence-corrected chi connectivity index (χ4v) is 4.37. The molecular weight excluding hydrogens is 509 g/mol. The van der Waals surface area contributed by atoms with Crippen molar-refractivity contribution >= 4 is 29.4 Å². The van der Waals surface area contributed by atoms with Crippen LogP contribution in [-0.4, -0.2) is 60.6 Å². The second kappa shape index (κ2) is 13.4. The molecule has 1 aliphatic heterocycles. The van der Waals surface area contributed by atoms with Gasteiger partial charge in [0.1, 0.15) is 18.2 Å². The van der Waals surface area contributed by atoms with Gasteiger partial charge in [-0.05, 0) is 61.2 Å².